The van der Waals surface area contributed by atoms with Gasteiger partial charge in [-0.3, -0.25) is 9.69 Å². The fraction of sp³-hybridized carbons (Fsp3) is 0.417. The van der Waals surface area contributed by atoms with E-state index >= 15 is 0 Å². The van der Waals surface area contributed by atoms with Crippen molar-refractivity contribution in [2.24, 2.45) is 5.92 Å². The molecule has 1 aromatic carbocycles. The second-order valence-electron chi connectivity index (χ2n) is 8.50. The molecule has 1 aliphatic carbocycles. The molecule has 1 aliphatic heterocycles. The molecule has 0 unspecified atom stereocenters. The van der Waals surface area contributed by atoms with Crippen LogP contribution in [0.1, 0.15) is 54.6 Å². The van der Waals surface area contributed by atoms with Crippen LogP contribution in [0.5, 0.6) is 0 Å². The molecule has 150 valence electrons. The van der Waals surface area contributed by atoms with Crippen molar-refractivity contribution in [3.63, 3.8) is 0 Å². The van der Waals surface area contributed by atoms with Gasteiger partial charge in [0.1, 0.15) is 10.7 Å². The first-order valence-electron chi connectivity index (χ1n) is 10.6. The van der Waals surface area contributed by atoms with E-state index in [9.17, 15) is 4.79 Å². The van der Waals surface area contributed by atoms with Crippen molar-refractivity contribution in [3.05, 3.63) is 68.6 Å². The van der Waals surface area contributed by atoms with E-state index in [1.807, 2.05) is 0 Å². The Morgan fingerprint density at radius 3 is 2.83 bits per heavy atom. The molecule has 3 aromatic rings. The maximum Gasteiger partial charge on any atom is 0.259 e. The van der Waals surface area contributed by atoms with E-state index in [2.05, 4.69) is 60.1 Å². The molecule has 4 nitrogen and oxygen atoms in total. The summed E-state index contributed by atoms with van der Waals surface area (Å²) < 4.78 is 0. The summed E-state index contributed by atoms with van der Waals surface area (Å²) in [5.74, 6) is 1.50. The summed E-state index contributed by atoms with van der Waals surface area (Å²) in [6.45, 7) is 6.31. The van der Waals surface area contributed by atoms with Gasteiger partial charge < -0.3 is 4.98 Å². The highest BCUT2D eigenvalue weighted by molar-refractivity contribution is 7.18. The third-order valence-electron chi connectivity index (χ3n) is 6.51. The Morgan fingerprint density at radius 2 is 2.07 bits per heavy atom. The van der Waals surface area contributed by atoms with Gasteiger partial charge in [-0.15, -0.1) is 11.3 Å². The second kappa shape index (κ2) is 7.54. The fourth-order valence-corrected chi connectivity index (χ4v) is 6.08. The minimum absolute atomic E-state index is 0.0430. The largest absolute Gasteiger partial charge is 0.309 e. The lowest BCUT2D eigenvalue weighted by Crippen LogP contribution is -2.33. The predicted octanol–water partition coefficient (Wildman–Crippen LogP) is 4.96. The first-order chi connectivity index (χ1) is 14.1. The van der Waals surface area contributed by atoms with Gasteiger partial charge in [-0.25, -0.2) is 4.98 Å². The molecule has 0 spiro atoms. The minimum Gasteiger partial charge on any atom is -0.309 e. The zero-order valence-electron chi connectivity index (χ0n) is 17.1. The molecule has 0 bridgehead atoms. The highest BCUT2D eigenvalue weighted by Crippen LogP contribution is 2.36. The molecule has 0 saturated carbocycles. The van der Waals surface area contributed by atoms with Gasteiger partial charge in [0.25, 0.3) is 5.56 Å². The predicted molar refractivity (Wildman–Crippen MR) is 120 cm³/mol. The number of H-pyrrole nitrogens is 1. The lowest BCUT2D eigenvalue weighted by atomic mass is 9.89. The van der Waals surface area contributed by atoms with Crippen molar-refractivity contribution in [1.82, 2.24) is 14.9 Å². The van der Waals surface area contributed by atoms with Gasteiger partial charge in [-0.1, -0.05) is 43.3 Å². The molecular formula is C24H27N3OS. The summed E-state index contributed by atoms with van der Waals surface area (Å²) in [4.78, 5) is 25.6. The molecule has 3 heterocycles. The van der Waals surface area contributed by atoms with Crippen LogP contribution < -0.4 is 5.56 Å². The summed E-state index contributed by atoms with van der Waals surface area (Å²) in [6, 6.07) is 10.7. The molecule has 1 N–H and O–H groups in total. The summed E-state index contributed by atoms with van der Waals surface area (Å²) in [6.07, 6.45) is 6.60. The number of hydrogen-bond acceptors (Lipinski definition) is 4. The first kappa shape index (κ1) is 18.8. The molecule has 0 saturated heterocycles. The Bertz CT molecular complexity index is 1130. The number of benzene rings is 1. The number of aryl methyl sites for hydroxylation is 1. The molecule has 0 radical (unpaired) electrons. The topological polar surface area (TPSA) is 49.0 Å². The maximum atomic E-state index is 12.9. The number of fused-ring (bicyclic) bond motifs is 3. The average Bonchev–Trinajstić information content (AvgIpc) is 3.11. The lowest BCUT2D eigenvalue weighted by Gasteiger charge is -2.31. The molecule has 2 aromatic heterocycles. The molecule has 2 atom stereocenters. The van der Waals surface area contributed by atoms with Crippen LogP contribution in [0.2, 0.25) is 0 Å². The number of nitrogens with zero attached hydrogens (tertiary/aromatic N) is 2. The SMILES string of the molecule is C[C@H]1CCc2c(sc3nc([C@H](C)N4CC=C(c5ccccc5)CC4)[nH]c(=O)c23)C1. The first-order valence-corrected chi connectivity index (χ1v) is 11.4. The zero-order valence-corrected chi connectivity index (χ0v) is 17.9. The molecule has 29 heavy (non-hydrogen) atoms. The van der Waals surface area contributed by atoms with Gasteiger partial charge in [0.15, 0.2) is 0 Å². The number of thiophene rings is 1. The van der Waals surface area contributed by atoms with Crippen LogP contribution in [-0.2, 0) is 12.8 Å². The number of rotatable bonds is 3. The Morgan fingerprint density at radius 1 is 1.24 bits per heavy atom. The molecule has 5 heteroatoms. The number of aromatic nitrogens is 2. The smallest absolute Gasteiger partial charge is 0.259 e. The third-order valence-corrected chi connectivity index (χ3v) is 7.66. The van der Waals surface area contributed by atoms with Crippen molar-refractivity contribution >= 4 is 27.1 Å². The van der Waals surface area contributed by atoms with Crippen molar-refractivity contribution in [2.75, 3.05) is 13.1 Å². The van der Waals surface area contributed by atoms with Gasteiger partial charge in [-0.2, -0.15) is 0 Å². The molecule has 2 aliphatic rings. The molecule has 0 amide bonds. The summed E-state index contributed by atoms with van der Waals surface area (Å²) in [5, 5.41) is 0.845. The van der Waals surface area contributed by atoms with Crippen molar-refractivity contribution in [1.29, 1.82) is 0 Å². The Hall–Kier alpha value is -2.24. The quantitative estimate of drug-likeness (QED) is 0.670. The minimum atomic E-state index is 0.0430. The van der Waals surface area contributed by atoms with Gasteiger partial charge >= 0.3 is 0 Å². The highest BCUT2D eigenvalue weighted by Gasteiger charge is 2.25. The standard InChI is InChI=1S/C24H27N3OS/c1-15-8-9-19-20(14-15)29-24-21(19)23(28)25-22(26-24)16(2)27-12-10-18(11-13-27)17-6-4-3-5-7-17/h3-7,10,15-16H,8-9,11-14H2,1-2H3,(H,25,26,28)/t15-,16-/m0/s1. The average molecular weight is 406 g/mol. The van der Waals surface area contributed by atoms with Crippen LogP contribution in [0.3, 0.4) is 0 Å². The van der Waals surface area contributed by atoms with Gasteiger partial charge in [0.05, 0.1) is 11.4 Å². The van der Waals surface area contributed by atoms with Crippen molar-refractivity contribution < 1.29 is 0 Å². The van der Waals surface area contributed by atoms with E-state index in [-0.39, 0.29) is 11.6 Å². The monoisotopic (exact) mass is 405 g/mol. The van der Waals surface area contributed by atoms with Gasteiger partial charge in [-0.05, 0) is 55.2 Å². The highest BCUT2D eigenvalue weighted by atomic mass is 32.1. The van der Waals surface area contributed by atoms with E-state index < -0.39 is 0 Å². The number of nitrogens with one attached hydrogen (secondary N) is 1. The van der Waals surface area contributed by atoms with Crippen LogP contribution in [0.25, 0.3) is 15.8 Å². The van der Waals surface area contributed by atoms with E-state index in [1.165, 1.54) is 28.0 Å². The van der Waals surface area contributed by atoms with E-state index in [0.717, 1.165) is 48.4 Å². The fourth-order valence-electron chi connectivity index (χ4n) is 4.69. The van der Waals surface area contributed by atoms with Crippen molar-refractivity contribution in [2.45, 2.75) is 45.6 Å². The summed E-state index contributed by atoms with van der Waals surface area (Å²) >= 11 is 1.73. The molecule has 5 rings (SSSR count). The van der Waals surface area contributed by atoms with Crippen LogP contribution in [0.4, 0.5) is 0 Å². The van der Waals surface area contributed by atoms with Crippen LogP contribution >= 0.6 is 11.3 Å². The summed E-state index contributed by atoms with van der Waals surface area (Å²) in [7, 11) is 0. The van der Waals surface area contributed by atoms with E-state index in [0.29, 0.717) is 5.92 Å². The van der Waals surface area contributed by atoms with Crippen LogP contribution in [-0.4, -0.2) is 28.0 Å². The van der Waals surface area contributed by atoms with Crippen LogP contribution in [0.15, 0.2) is 41.2 Å². The van der Waals surface area contributed by atoms with Crippen molar-refractivity contribution in [3.8, 4) is 0 Å². The Labute approximate surface area is 175 Å². The van der Waals surface area contributed by atoms with Crippen LogP contribution in [0, 0.1) is 5.92 Å². The number of aromatic amines is 1. The second-order valence-corrected chi connectivity index (χ2v) is 9.58. The zero-order chi connectivity index (χ0) is 20.0. The third kappa shape index (κ3) is 3.47. The maximum absolute atomic E-state index is 12.9. The molecule has 0 fully saturated rings. The normalized spacial score (nSPS) is 21.0. The Kier molecular flexibility index (Phi) is 4.88. The van der Waals surface area contributed by atoms with E-state index in [1.54, 1.807) is 11.3 Å². The number of hydrogen-bond donors (Lipinski definition) is 1. The molecular weight excluding hydrogens is 378 g/mol. The van der Waals surface area contributed by atoms with Gasteiger partial charge in [0, 0.05) is 18.0 Å². The van der Waals surface area contributed by atoms with E-state index in [4.69, 9.17) is 4.98 Å². The lowest BCUT2D eigenvalue weighted by molar-refractivity contribution is 0.225. The Balaban J connectivity index is 1.41. The van der Waals surface area contributed by atoms with Gasteiger partial charge in [0.2, 0.25) is 0 Å². The summed E-state index contributed by atoms with van der Waals surface area (Å²) in [5.41, 5.74) is 4.02.